The number of ether oxygens (including phenoxy) is 2. The van der Waals surface area contributed by atoms with E-state index in [1.54, 1.807) is 43.3 Å². The third-order valence-corrected chi connectivity index (χ3v) is 7.16. The number of amides is 1. The number of likely N-dealkylation sites (N-methyl/N-ethyl adjacent to an activating group) is 1. The minimum Gasteiger partial charge on any atom is -0.491 e. The van der Waals surface area contributed by atoms with E-state index in [0.717, 1.165) is 12.1 Å². The van der Waals surface area contributed by atoms with Gasteiger partial charge in [-0.1, -0.05) is 19.1 Å². The average Bonchev–Trinajstić information content (AvgIpc) is 2.78. The predicted octanol–water partition coefficient (Wildman–Crippen LogP) is 2.89. The van der Waals surface area contributed by atoms with Gasteiger partial charge in [-0.25, -0.2) is 8.42 Å². The monoisotopic (exact) mass is 475 g/mol. The van der Waals surface area contributed by atoms with Crippen LogP contribution in [-0.4, -0.2) is 65.2 Å². The first-order chi connectivity index (χ1) is 15.6. The molecule has 8 nitrogen and oxygen atoms in total. The van der Waals surface area contributed by atoms with E-state index in [1.165, 1.54) is 12.1 Å². The molecule has 1 amide bonds. The molecule has 1 aliphatic rings. The van der Waals surface area contributed by atoms with Gasteiger partial charge in [0.05, 0.1) is 16.6 Å². The van der Waals surface area contributed by atoms with Crippen LogP contribution in [0.2, 0.25) is 0 Å². The van der Waals surface area contributed by atoms with Crippen molar-refractivity contribution in [2.75, 3.05) is 38.6 Å². The topological polar surface area (TPSA) is 97.0 Å². The van der Waals surface area contributed by atoms with Crippen LogP contribution in [0.1, 0.15) is 29.8 Å². The Morgan fingerprint density at radius 2 is 1.94 bits per heavy atom. The van der Waals surface area contributed by atoms with Crippen molar-refractivity contribution in [3.05, 3.63) is 53.6 Å². The van der Waals surface area contributed by atoms with Crippen LogP contribution in [0, 0.1) is 12.8 Å². The zero-order valence-electron chi connectivity index (χ0n) is 19.8. The molecule has 2 aromatic rings. The van der Waals surface area contributed by atoms with Crippen molar-refractivity contribution in [3.63, 3.8) is 0 Å². The summed E-state index contributed by atoms with van der Waals surface area (Å²) >= 11 is 0. The minimum absolute atomic E-state index is 0.0598. The highest BCUT2D eigenvalue weighted by Crippen LogP contribution is 2.27. The van der Waals surface area contributed by atoms with Gasteiger partial charge in [-0.15, -0.1) is 0 Å². The van der Waals surface area contributed by atoms with Crippen molar-refractivity contribution >= 4 is 21.6 Å². The van der Waals surface area contributed by atoms with Crippen LogP contribution in [0.25, 0.3) is 0 Å². The lowest BCUT2D eigenvalue weighted by Gasteiger charge is -2.30. The number of anilines is 1. The molecule has 3 rings (SSSR count). The third-order valence-electron chi connectivity index (χ3n) is 5.78. The molecular weight excluding hydrogens is 442 g/mol. The fourth-order valence-corrected chi connectivity index (χ4v) is 4.87. The van der Waals surface area contributed by atoms with Gasteiger partial charge in [-0.2, -0.15) is 0 Å². The molecule has 2 N–H and O–H groups in total. The van der Waals surface area contributed by atoms with E-state index in [9.17, 15) is 13.2 Å². The van der Waals surface area contributed by atoms with E-state index in [4.69, 9.17) is 9.47 Å². The lowest BCUT2D eigenvalue weighted by atomic mass is 10.0. The molecule has 0 spiro atoms. The van der Waals surface area contributed by atoms with Crippen molar-refractivity contribution in [2.24, 2.45) is 5.92 Å². The van der Waals surface area contributed by atoms with Crippen molar-refractivity contribution in [1.29, 1.82) is 0 Å². The molecule has 0 unspecified atom stereocenters. The molecule has 0 radical (unpaired) electrons. The molecule has 2 aromatic carbocycles. The molecular formula is C24H33N3O5S. The fraction of sp³-hybridized carbons (Fsp3) is 0.458. The van der Waals surface area contributed by atoms with Gasteiger partial charge in [0, 0.05) is 39.0 Å². The molecule has 0 aliphatic carbocycles. The number of sulfonamides is 1. The number of methoxy groups -OCH3 is 1. The smallest absolute Gasteiger partial charge is 0.261 e. The summed E-state index contributed by atoms with van der Waals surface area (Å²) in [5.74, 6) is 0.317. The third kappa shape index (κ3) is 6.25. The van der Waals surface area contributed by atoms with Gasteiger partial charge in [0.25, 0.3) is 15.9 Å². The molecule has 33 heavy (non-hydrogen) atoms. The number of carbonyl (C=O) groups is 1. The van der Waals surface area contributed by atoms with Crippen molar-refractivity contribution < 1.29 is 22.7 Å². The number of rotatable bonds is 4. The average molecular weight is 476 g/mol. The number of carbonyl (C=O) groups excluding carboxylic acids is 1. The molecule has 9 heteroatoms. The normalized spacial score (nSPS) is 22.5. The molecule has 1 heterocycles. The maximum absolute atomic E-state index is 13.3. The van der Waals surface area contributed by atoms with E-state index in [-0.39, 0.29) is 40.1 Å². The van der Waals surface area contributed by atoms with E-state index >= 15 is 0 Å². The Bertz CT molecular complexity index is 1090. The number of aryl methyl sites for hydroxylation is 1. The van der Waals surface area contributed by atoms with E-state index in [1.807, 2.05) is 19.9 Å². The number of hydrogen-bond acceptors (Lipinski definition) is 6. The maximum atomic E-state index is 13.3. The summed E-state index contributed by atoms with van der Waals surface area (Å²) in [5.41, 5.74) is 1.41. The van der Waals surface area contributed by atoms with E-state index in [0.29, 0.717) is 18.9 Å². The summed E-state index contributed by atoms with van der Waals surface area (Å²) < 4.78 is 39.9. The zero-order valence-corrected chi connectivity index (χ0v) is 20.6. The van der Waals surface area contributed by atoms with E-state index in [2.05, 4.69) is 17.0 Å². The first-order valence-corrected chi connectivity index (χ1v) is 12.5. The molecule has 180 valence electrons. The molecule has 0 aromatic heterocycles. The second-order valence-corrected chi connectivity index (χ2v) is 10.4. The van der Waals surface area contributed by atoms with Crippen molar-refractivity contribution in [1.82, 2.24) is 10.2 Å². The number of fused-ring (bicyclic) bond motifs is 1. The Balaban J connectivity index is 1.94. The van der Waals surface area contributed by atoms with Gasteiger partial charge in [0.2, 0.25) is 0 Å². The summed E-state index contributed by atoms with van der Waals surface area (Å²) in [6.45, 7) is 7.41. The molecule has 0 saturated heterocycles. The number of hydrogen-bond donors (Lipinski definition) is 2. The van der Waals surface area contributed by atoms with Crippen molar-refractivity contribution in [2.45, 2.75) is 37.8 Å². The lowest BCUT2D eigenvalue weighted by Crippen LogP contribution is -2.44. The second-order valence-electron chi connectivity index (χ2n) is 8.69. The minimum atomic E-state index is -3.81. The summed E-state index contributed by atoms with van der Waals surface area (Å²) in [6, 6.07) is 11.5. The second kappa shape index (κ2) is 10.5. The van der Waals surface area contributed by atoms with Gasteiger partial charge < -0.3 is 19.7 Å². The molecule has 0 fully saturated rings. The summed E-state index contributed by atoms with van der Waals surface area (Å²) in [7, 11) is -0.460. The maximum Gasteiger partial charge on any atom is 0.261 e. The van der Waals surface area contributed by atoms with Crippen LogP contribution in [0.3, 0.4) is 0 Å². The van der Waals surface area contributed by atoms with Gasteiger partial charge in [-0.3, -0.25) is 9.52 Å². The highest BCUT2D eigenvalue weighted by Gasteiger charge is 2.26. The first kappa shape index (κ1) is 25.0. The van der Waals surface area contributed by atoms with E-state index < -0.39 is 10.0 Å². The molecule has 0 saturated carbocycles. The Labute approximate surface area is 196 Å². The first-order valence-electron chi connectivity index (χ1n) is 11.0. The number of benzene rings is 2. The summed E-state index contributed by atoms with van der Waals surface area (Å²) in [5, 5.41) is 3.44. The largest absolute Gasteiger partial charge is 0.491 e. The van der Waals surface area contributed by atoms with Gasteiger partial charge >= 0.3 is 0 Å². The quantitative estimate of drug-likeness (QED) is 0.706. The lowest BCUT2D eigenvalue weighted by molar-refractivity contribution is 0.0281. The van der Waals surface area contributed by atoms with Crippen LogP contribution in [-0.2, 0) is 14.8 Å². The fourth-order valence-electron chi connectivity index (χ4n) is 3.72. The molecule has 3 atom stereocenters. The number of nitrogens with zero attached hydrogens (tertiary/aromatic N) is 1. The van der Waals surface area contributed by atoms with Gasteiger partial charge in [-0.05, 0) is 55.7 Å². The highest BCUT2D eigenvalue weighted by molar-refractivity contribution is 7.92. The molecule has 0 bridgehead atoms. The van der Waals surface area contributed by atoms with Crippen LogP contribution in [0.5, 0.6) is 5.75 Å². The zero-order chi connectivity index (χ0) is 24.2. The number of nitrogens with one attached hydrogen (secondary N) is 2. The van der Waals surface area contributed by atoms with Crippen LogP contribution >= 0.6 is 0 Å². The van der Waals surface area contributed by atoms with Crippen LogP contribution < -0.4 is 14.8 Å². The van der Waals surface area contributed by atoms with Gasteiger partial charge in [0.1, 0.15) is 12.4 Å². The van der Waals surface area contributed by atoms with Crippen LogP contribution in [0.4, 0.5) is 5.69 Å². The SMILES string of the molecule is CO[C@H]1CN(C)C(=O)c2cc(NS(=O)(=O)c3cccc(C)c3)ccc2OC[C@@H](C)NC[C@@H]1C. The van der Waals surface area contributed by atoms with Crippen LogP contribution in [0.15, 0.2) is 47.4 Å². The molecule has 1 aliphatic heterocycles. The Kier molecular flexibility index (Phi) is 7.99. The Hall–Kier alpha value is -2.62. The summed E-state index contributed by atoms with van der Waals surface area (Å²) in [6.07, 6.45) is -0.148. The summed E-state index contributed by atoms with van der Waals surface area (Å²) in [4.78, 5) is 15.1. The Morgan fingerprint density at radius 1 is 1.18 bits per heavy atom. The predicted molar refractivity (Wildman–Crippen MR) is 128 cm³/mol. The Morgan fingerprint density at radius 3 is 2.64 bits per heavy atom. The standard InChI is InChI=1S/C24H33N3O5S/c1-16-7-6-8-20(11-16)33(29,30)26-19-9-10-22-21(12-19)24(28)27(4)14-23(31-5)17(2)13-25-18(3)15-32-22/h6-12,17-18,23,25-26H,13-15H2,1-5H3/t17-,18+,23-/m0/s1. The highest BCUT2D eigenvalue weighted by atomic mass is 32.2. The van der Waals surface area contributed by atoms with Gasteiger partial charge in [0.15, 0.2) is 0 Å². The van der Waals surface area contributed by atoms with Crippen molar-refractivity contribution in [3.8, 4) is 5.75 Å².